The van der Waals surface area contributed by atoms with Gasteiger partial charge in [-0.1, -0.05) is 44.2 Å². The summed E-state index contributed by atoms with van der Waals surface area (Å²) < 4.78 is 2.14. The molecule has 0 spiro atoms. The van der Waals surface area contributed by atoms with E-state index in [2.05, 4.69) is 68.8 Å². The van der Waals surface area contributed by atoms with E-state index in [0.717, 1.165) is 62.8 Å². The fourth-order valence-corrected chi connectivity index (χ4v) is 4.89. The highest BCUT2D eigenvalue weighted by atomic mass is 16.2. The number of benzene rings is 1. The molecule has 1 N–H and O–H groups in total. The molecule has 9 nitrogen and oxygen atoms in total. The molecule has 2 aromatic rings. The quantitative estimate of drug-likeness (QED) is 0.568. The van der Waals surface area contributed by atoms with Crippen molar-refractivity contribution in [2.75, 3.05) is 39.3 Å². The van der Waals surface area contributed by atoms with Crippen molar-refractivity contribution in [2.24, 2.45) is 0 Å². The van der Waals surface area contributed by atoms with Gasteiger partial charge in [0.1, 0.15) is 12.2 Å². The molecule has 0 aliphatic carbocycles. The van der Waals surface area contributed by atoms with Crippen molar-refractivity contribution in [3.63, 3.8) is 0 Å². The van der Waals surface area contributed by atoms with Crippen LogP contribution in [-0.2, 0) is 27.5 Å². The van der Waals surface area contributed by atoms with Crippen LogP contribution in [-0.4, -0.2) is 81.2 Å². The lowest BCUT2D eigenvalue weighted by Gasteiger charge is -2.34. The van der Waals surface area contributed by atoms with Crippen LogP contribution < -0.4 is 5.32 Å². The van der Waals surface area contributed by atoms with E-state index in [-0.39, 0.29) is 24.1 Å². The van der Waals surface area contributed by atoms with Gasteiger partial charge in [0.15, 0.2) is 0 Å². The Balaban J connectivity index is 1.33. The molecule has 1 aromatic carbocycles. The summed E-state index contributed by atoms with van der Waals surface area (Å²) in [7, 11) is 0. The number of rotatable bonds is 8. The van der Waals surface area contributed by atoms with Crippen molar-refractivity contribution >= 4 is 23.8 Å². The number of carbonyl (C=O) groups excluding carboxylic acids is 3. The smallest absolute Gasteiger partial charge is 0.277 e. The number of imidazole rings is 1. The Bertz CT molecular complexity index is 1120. The van der Waals surface area contributed by atoms with Gasteiger partial charge in [-0.25, -0.2) is 4.98 Å². The lowest BCUT2D eigenvalue weighted by molar-refractivity contribution is -0.147. The van der Waals surface area contributed by atoms with Crippen LogP contribution in [0, 0.1) is 0 Å². The summed E-state index contributed by atoms with van der Waals surface area (Å²) >= 11 is 0. The molecule has 2 fully saturated rings. The van der Waals surface area contributed by atoms with Gasteiger partial charge in [-0.05, 0) is 30.5 Å². The topological polar surface area (TPSA) is 90.8 Å². The minimum atomic E-state index is -0.502. The number of hydrogen-bond acceptors (Lipinski definition) is 6. The second-order valence-corrected chi connectivity index (χ2v) is 9.84. The van der Waals surface area contributed by atoms with Gasteiger partial charge >= 0.3 is 0 Å². The van der Waals surface area contributed by atoms with Gasteiger partial charge in [0.25, 0.3) is 5.91 Å². The molecule has 3 heterocycles. The Labute approximate surface area is 212 Å². The average Bonchev–Trinajstić information content (AvgIpc) is 3.25. The fraction of sp³-hybridized carbons (Fsp3) is 0.481. The van der Waals surface area contributed by atoms with Crippen LogP contribution in [0.25, 0.3) is 6.08 Å². The molecular weight excluding hydrogens is 456 g/mol. The van der Waals surface area contributed by atoms with E-state index in [1.807, 2.05) is 0 Å². The first-order valence-corrected chi connectivity index (χ1v) is 12.7. The van der Waals surface area contributed by atoms with Crippen LogP contribution >= 0.6 is 0 Å². The molecule has 0 unspecified atom stereocenters. The standard InChI is InChI=1S/C27H36N6O3/c1-20(2)26-23(16-24-27(36)33(21(3)34)18-25(35)29-24)28-19-32(26)11-7-10-30-12-14-31(15-13-30)17-22-8-5-4-6-9-22/h4-6,8-9,16,19-20H,7,10-15,17-18H2,1-3H3,(H,29,35)/b24-16-. The average molecular weight is 493 g/mol. The number of aromatic nitrogens is 2. The van der Waals surface area contributed by atoms with Gasteiger partial charge < -0.3 is 14.8 Å². The first kappa shape index (κ1) is 25.8. The monoisotopic (exact) mass is 492 g/mol. The van der Waals surface area contributed by atoms with E-state index in [0.29, 0.717) is 5.69 Å². The lowest BCUT2D eigenvalue weighted by atomic mass is 10.1. The molecule has 192 valence electrons. The number of hydrogen-bond donors (Lipinski definition) is 1. The van der Waals surface area contributed by atoms with E-state index >= 15 is 0 Å². The maximum absolute atomic E-state index is 12.7. The Morgan fingerprint density at radius 2 is 1.75 bits per heavy atom. The summed E-state index contributed by atoms with van der Waals surface area (Å²) in [6.45, 7) is 12.4. The highest BCUT2D eigenvalue weighted by Crippen LogP contribution is 2.22. The van der Waals surface area contributed by atoms with E-state index in [9.17, 15) is 14.4 Å². The predicted molar refractivity (Wildman–Crippen MR) is 138 cm³/mol. The Hall–Kier alpha value is -3.30. The molecule has 0 atom stereocenters. The third-order valence-corrected chi connectivity index (χ3v) is 6.75. The predicted octanol–water partition coefficient (Wildman–Crippen LogP) is 2.06. The zero-order valence-electron chi connectivity index (χ0n) is 21.4. The maximum Gasteiger partial charge on any atom is 0.277 e. The van der Waals surface area contributed by atoms with Gasteiger partial charge in [-0.2, -0.15) is 0 Å². The minimum Gasteiger partial charge on any atom is -0.334 e. The number of aryl methyl sites for hydroxylation is 1. The first-order valence-electron chi connectivity index (χ1n) is 12.7. The molecule has 2 saturated heterocycles. The van der Waals surface area contributed by atoms with E-state index in [1.54, 1.807) is 12.4 Å². The molecule has 2 aliphatic heterocycles. The number of piperazine rings is 2. The van der Waals surface area contributed by atoms with Crippen LogP contribution in [0.4, 0.5) is 0 Å². The molecule has 4 rings (SSSR count). The maximum atomic E-state index is 12.7. The second kappa shape index (κ2) is 11.6. The van der Waals surface area contributed by atoms with Crippen LogP contribution in [0.3, 0.4) is 0 Å². The third-order valence-electron chi connectivity index (χ3n) is 6.75. The zero-order valence-corrected chi connectivity index (χ0v) is 21.4. The second-order valence-electron chi connectivity index (χ2n) is 9.84. The van der Waals surface area contributed by atoms with Gasteiger partial charge in [0, 0.05) is 51.9 Å². The molecule has 0 saturated carbocycles. The van der Waals surface area contributed by atoms with Gasteiger partial charge in [-0.15, -0.1) is 0 Å². The summed E-state index contributed by atoms with van der Waals surface area (Å²) in [5.41, 5.74) is 3.11. The van der Waals surface area contributed by atoms with Crippen LogP contribution in [0.2, 0.25) is 0 Å². The van der Waals surface area contributed by atoms with Crippen LogP contribution in [0.15, 0.2) is 42.4 Å². The highest BCUT2D eigenvalue weighted by Gasteiger charge is 2.31. The summed E-state index contributed by atoms with van der Waals surface area (Å²) in [5, 5.41) is 2.60. The Kier molecular flexibility index (Phi) is 8.32. The van der Waals surface area contributed by atoms with Crippen molar-refractivity contribution in [3.8, 4) is 0 Å². The van der Waals surface area contributed by atoms with Gasteiger partial charge in [-0.3, -0.25) is 24.2 Å². The third kappa shape index (κ3) is 6.27. The molecule has 2 aliphatic rings. The summed E-state index contributed by atoms with van der Waals surface area (Å²) in [6.07, 6.45) is 4.39. The van der Waals surface area contributed by atoms with Gasteiger partial charge in [0.05, 0.1) is 12.0 Å². The number of carbonyl (C=O) groups is 3. The summed E-state index contributed by atoms with van der Waals surface area (Å²) in [4.78, 5) is 46.9. The summed E-state index contributed by atoms with van der Waals surface area (Å²) in [6, 6.07) is 10.6. The lowest BCUT2D eigenvalue weighted by Crippen LogP contribution is -2.51. The number of amides is 3. The molecular formula is C27H36N6O3. The normalized spacial score (nSPS) is 18.8. The number of nitrogens with zero attached hydrogens (tertiary/aromatic N) is 5. The largest absolute Gasteiger partial charge is 0.334 e. The van der Waals surface area contributed by atoms with Crippen LogP contribution in [0.5, 0.6) is 0 Å². The first-order chi connectivity index (χ1) is 17.3. The molecule has 1 aromatic heterocycles. The minimum absolute atomic E-state index is 0.0852. The SMILES string of the molecule is CC(=O)N1CC(=O)N/C(=C\c2ncn(CCCN3CCN(Cc4ccccc4)CC3)c2C(C)C)C1=O. The zero-order chi connectivity index (χ0) is 25.7. The molecule has 0 radical (unpaired) electrons. The van der Waals surface area contributed by atoms with Crippen molar-refractivity contribution in [3.05, 3.63) is 59.3 Å². The Morgan fingerprint density at radius 3 is 2.42 bits per heavy atom. The van der Waals surface area contributed by atoms with Crippen molar-refractivity contribution < 1.29 is 14.4 Å². The van der Waals surface area contributed by atoms with Crippen molar-refractivity contribution in [2.45, 2.75) is 46.2 Å². The summed E-state index contributed by atoms with van der Waals surface area (Å²) in [5.74, 6) is -1.15. The fourth-order valence-electron chi connectivity index (χ4n) is 4.89. The van der Waals surface area contributed by atoms with E-state index in [1.165, 1.54) is 12.5 Å². The number of nitrogens with one attached hydrogen (secondary N) is 1. The van der Waals surface area contributed by atoms with E-state index in [4.69, 9.17) is 0 Å². The molecule has 9 heteroatoms. The number of imide groups is 1. The molecule has 36 heavy (non-hydrogen) atoms. The van der Waals surface area contributed by atoms with Crippen molar-refractivity contribution in [1.82, 2.24) is 29.6 Å². The molecule has 3 amide bonds. The van der Waals surface area contributed by atoms with Gasteiger partial charge in [0.2, 0.25) is 11.8 Å². The molecule has 0 bridgehead atoms. The highest BCUT2D eigenvalue weighted by molar-refractivity contribution is 6.12. The van der Waals surface area contributed by atoms with E-state index < -0.39 is 11.8 Å². The van der Waals surface area contributed by atoms with Crippen LogP contribution in [0.1, 0.15) is 50.1 Å². The van der Waals surface area contributed by atoms with Crippen molar-refractivity contribution in [1.29, 1.82) is 0 Å². The Morgan fingerprint density at radius 1 is 1.06 bits per heavy atom.